The van der Waals surface area contributed by atoms with Crippen LogP contribution in [0.1, 0.15) is 11.1 Å². The first-order valence-corrected chi connectivity index (χ1v) is 19.1. The standard InChI is InChI=1S/C54H33N/c1-3-12-34(13-4-1)26-27-35-28-30-38(31-29-35)55(37-16-5-2-6-17-37)48-33-32-42-41-20-10-24-46-52(41)54(45-23-11-21-43(48)50(42)45)47-25-9-19-40-39-18-7-14-36-15-8-22-44(49(36)39)53(46)51(40)47/h1-33H. The van der Waals surface area contributed by atoms with Gasteiger partial charge in [0.05, 0.1) is 5.69 Å². The van der Waals surface area contributed by atoms with Crippen molar-refractivity contribution >= 4 is 115 Å². The van der Waals surface area contributed by atoms with Crippen molar-refractivity contribution in [2.45, 2.75) is 0 Å². The first kappa shape index (κ1) is 30.3. The summed E-state index contributed by atoms with van der Waals surface area (Å²) < 4.78 is 0. The minimum atomic E-state index is 1.12. The van der Waals surface area contributed by atoms with Crippen molar-refractivity contribution < 1.29 is 0 Å². The van der Waals surface area contributed by atoms with E-state index in [0.717, 1.165) is 11.4 Å². The van der Waals surface area contributed by atoms with Crippen LogP contribution in [-0.2, 0) is 0 Å². The van der Waals surface area contributed by atoms with Crippen molar-refractivity contribution in [3.8, 4) is 0 Å². The van der Waals surface area contributed by atoms with Crippen molar-refractivity contribution in [2.75, 3.05) is 4.90 Å². The molecule has 0 aliphatic heterocycles. The average Bonchev–Trinajstić information content (AvgIpc) is 3.25. The highest BCUT2D eigenvalue weighted by atomic mass is 15.1. The number of hydrogen-bond donors (Lipinski definition) is 0. The highest BCUT2D eigenvalue weighted by molar-refractivity contribution is 6.47. The fourth-order valence-electron chi connectivity index (χ4n) is 9.63. The van der Waals surface area contributed by atoms with Crippen molar-refractivity contribution in [1.29, 1.82) is 0 Å². The molecule has 12 rings (SSSR count). The molecule has 0 spiro atoms. The third kappa shape index (κ3) is 4.35. The van der Waals surface area contributed by atoms with E-state index in [0.29, 0.717) is 0 Å². The van der Waals surface area contributed by atoms with Crippen molar-refractivity contribution in [1.82, 2.24) is 0 Å². The van der Waals surface area contributed by atoms with Gasteiger partial charge in [0.2, 0.25) is 0 Å². The summed E-state index contributed by atoms with van der Waals surface area (Å²) in [5.74, 6) is 0. The number of anilines is 3. The van der Waals surface area contributed by atoms with Crippen LogP contribution >= 0.6 is 0 Å². The molecule has 0 aliphatic rings. The molecule has 0 unspecified atom stereocenters. The first-order chi connectivity index (χ1) is 27.3. The summed E-state index contributed by atoms with van der Waals surface area (Å²) in [4.78, 5) is 2.42. The molecule has 12 aromatic rings. The lowest BCUT2D eigenvalue weighted by atomic mass is 9.82. The molecule has 1 heteroatoms. The van der Waals surface area contributed by atoms with E-state index in [-0.39, 0.29) is 0 Å². The highest BCUT2D eigenvalue weighted by Gasteiger charge is 2.23. The molecular weight excluding hydrogens is 663 g/mol. The molecule has 0 heterocycles. The smallest absolute Gasteiger partial charge is 0.0540 e. The van der Waals surface area contributed by atoms with Gasteiger partial charge in [-0.2, -0.15) is 0 Å². The van der Waals surface area contributed by atoms with Crippen LogP contribution < -0.4 is 4.90 Å². The molecular formula is C54H33N. The Kier molecular flexibility index (Phi) is 6.40. The van der Waals surface area contributed by atoms with Gasteiger partial charge in [0, 0.05) is 16.8 Å². The number of nitrogens with zero attached hydrogens (tertiary/aromatic N) is 1. The Morgan fingerprint density at radius 1 is 0.255 bits per heavy atom. The van der Waals surface area contributed by atoms with Crippen LogP contribution in [0.2, 0.25) is 0 Å². The Balaban J connectivity index is 1.15. The molecule has 0 amide bonds. The van der Waals surface area contributed by atoms with E-state index in [1.54, 1.807) is 0 Å². The Hall–Kier alpha value is -7.22. The molecule has 0 fully saturated rings. The number of fused-ring (bicyclic) bond motifs is 6. The van der Waals surface area contributed by atoms with Crippen LogP contribution in [0, 0.1) is 0 Å². The topological polar surface area (TPSA) is 3.24 Å². The normalized spacial score (nSPS) is 12.3. The fraction of sp³-hybridized carbons (Fsp3) is 0. The Labute approximate surface area is 318 Å². The molecule has 254 valence electrons. The first-order valence-electron chi connectivity index (χ1n) is 19.1. The molecule has 1 nitrogen and oxygen atoms in total. The zero-order valence-corrected chi connectivity index (χ0v) is 30.0. The monoisotopic (exact) mass is 695 g/mol. The highest BCUT2D eigenvalue weighted by Crippen LogP contribution is 2.51. The van der Waals surface area contributed by atoms with Crippen LogP contribution in [0.15, 0.2) is 188 Å². The van der Waals surface area contributed by atoms with E-state index in [4.69, 9.17) is 0 Å². The van der Waals surface area contributed by atoms with Crippen molar-refractivity contribution in [2.24, 2.45) is 0 Å². The second-order valence-electron chi connectivity index (χ2n) is 14.8. The molecule has 55 heavy (non-hydrogen) atoms. The van der Waals surface area contributed by atoms with Crippen LogP contribution in [0.25, 0.3) is 98.3 Å². The maximum atomic E-state index is 2.42. The van der Waals surface area contributed by atoms with Gasteiger partial charge >= 0.3 is 0 Å². The Bertz CT molecular complexity index is 3450. The summed E-state index contributed by atoms with van der Waals surface area (Å²) >= 11 is 0. The van der Waals surface area contributed by atoms with Gasteiger partial charge in [-0.1, -0.05) is 170 Å². The lowest BCUT2D eigenvalue weighted by Crippen LogP contribution is -2.10. The molecule has 0 radical (unpaired) electrons. The van der Waals surface area contributed by atoms with Gasteiger partial charge in [-0.05, 0) is 122 Å². The maximum absolute atomic E-state index is 2.42. The lowest BCUT2D eigenvalue weighted by Gasteiger charge is -2.28. The Morgan fingerprint density at radius 3 is 1.29 bits per heavy atom. The molecule has 12 aromatic carbocycles. The van der Waals surface area contributed by atoms with Gasteiger partial charge in [0.1, 0.15) is 0 Å². The van der Waals surface area contributed by atoms with Gasteiger partial charge in [-0.3, -0.25) is 0 Å². The van der Waals surface area contributed by atoms with E-state index in [2.05, 4.69) is 205 Å². The van der Waals surface area contributed by atoms with Crippen molar-refractivity contribution in [3.63, 3.8) is 0 Å². The fourth-order valence-corrected chi connectivity index (χ4v) is 9.63. The molecule has 0 N–H and O–H groups in total. The zero-order valence-electron chi connectivity index (χ0n) is 30.0. The number of hydrogen-bond acceptors (Lipinski definition) is 1. The van der Waals surface area contributed by atoms with Crippen LogP contribution in [0.3, 0.4) is 0 Å². The summed E-state index contributed by atoms with van der Waals surface area (Å²) in [5.41, 5.74) is 5.77. The maximum Gasteiger partial charge on any atom is 0.0540 e. The van der Waals surface area contributed by atoms with Crippen molar-refractivity contribution in [3.05, 3.63) is 199 Å². The van der Waals surface area contributed by atoms with E-state index in [9.17, 15) is 0 Å². The van der Waals surface area contributed by atoms with Gasteiger partial charge in [0.25, 0.3) is 0 Å². The summed E-state index contributed by atoms with van der Waals surface area (Å²) in [5, 5.41) is 21.1. The molecule has 0 saturated heterocycles. The Morgan fingerprint density at radius 2 is 0.673 bits per heavy atom. The molecule has 0 aliphatic carbocycles. The van der Waals surface area contributed by atoms with Gasteiger partial charge < -0.3 is 4.90 Å². The summed E-state index contributed by atoms with van der Waals surface area (Å²) in [6.07, 6.45) is 4.36. The quantitative estimate of drug-likeness (QED) is 0.0984. The predicted octanol–water partition coefficient (Wildman–Crippen LogP) is 15.4. The minimum absolute atomic E-state index is 1.12. The van der Waals surface area contributed by atoms with Gasteiger partial charge in [-0.15, -0.1) is 0 Å². The molecule has 0 aromatic heterocycles. The third-order valence-corrected chi connectivity index (χ3v) is 11.9. The molecule has 0 atom stereocenters. The number of benzene rings is 12. The molecule has 0 saturated carbocycles. The average molecular weight is 696 g/mol. The van der Waals surface area contributed by atoms with E-state index in [1.165, 1.54) is 103 Å². The third-order valence-electron chi connectivity index (χ3n) is 11.9. The second kappa shape index (κ2) is 11.6. The summed E-state index contributed by atoms with van der Waals surface area (Å²) in [6, 6.07) is 69.3. The number of para-hydroxylation sites is 1. The van der Waals surface area contributed by atoms with E-state index < -0.39 is 0 Å². The summed E-state index contributed by atoms with van der Waals surface area (Å²) in [7, 11) is 0. The van der Waals surface area contributed by atoms with Gasteiger partial charge in [-0.25, -0.2) is 0 Å². The molecule has 0 bridgehead atoms. The second-order valence-corrected chi connectivity index (χ2v) is 14.8. The largest absolute Gasteiger partial charge is 0.310 e. The number of rotatable bonds is 5. The SMILES string of the molecule is C(=Cc1ccc(N(c2ccccc2)c2ccc3c4cccc5c4c(c4cccc2c34)c2cccc3c4cccc6cccc(c64)c5c32)cc1)c1ccccc1. The van der Waals surface area contributed by atoms with Gasteiger partial charge in [0.15, 0.2) is 0 Å². The zero-order chi connectivity index (χ0) is 36.0. The van der Waals surface area contributed by atoms with Crippen LogP contribution in [0.5, 0.6) is 0 Å². The van der Waals surface area contributed by atoms with E-state index in [1.807, 2.05) is 0 Å². The van der Waals surface area contributed by atoms with E-state index >= 15 is 0 Å². The lowest BCUT2D eigenvalue weighted by molar-refractivity contribution is 1.30. The van der Waals surface area contributed by atoms with Crippen LogP contribution in [-0.4, -0.2) is 0 Å². The summed E-state index contributed by atoms with van der Waals surface area (Å²) in [6.45, 7) is 0. The minimum Gasteiger partial charge on any atom is -0.310 e. The van der Waals surface area contributed by atoms with Crippen LogP contribution in [0.4, 0.5) is 17.1 Å². The predicted molar refractivity (Wildman–Crippen MR) is 239 cm³/mol.